The van der Waals surface area contributed by atoms with Gasteiger partial charge in [-0.15, -0.1) is 0 Å². The molecular weight excluding hydrogens is 266 g/mol. The fourth-order valence-electron chi connectivity index (χ4n) is 4.16. The molecule has 2 aromatic rings. The van der Waals surface area contributed by atoms with E-state index in [1.807, 2.05) is 6.07 Å². The lowest BCUT2D eigenvalue weighted by Gasteiger charge is -2.35. The molecule has 1 aromatic heterocycles. The molecular formula is C16H19N3O2. The number of amides is 1. The number of carbonyl (C=O) groups is 1. The Kier molecular flexibility index (Phi) is 2.63. The number of benzene rings is 1. The number of fused-ring (bicyclic) bond motifs is 3. The van der Waals surface area contributed by atoms with Crippen LogP contribution in [0.3, 0.4) is 0 Å². The highest BCUT2D eigenvalue weighted by Crippen LogP contribution is 2.52. The van der Waals surface area contributed by atoms with Gasteiger partial charge >= 0.3 is 0 Å². The number of carbonyl (C=O) groups excluding carboxylic acids is 1. The quantitative estimate of drug-likeness (QED) is 0.939. The van der Waals surface area contributed by atoms with Crippen LogP contribution < -0.4 is 5.73 Å². The molecule has 1 saturated heterocycles. The summed E-state index contributed by atoms with van der Waals surface area (Å²) in [6.07, 6.45) is 3.43. The molecule has 2 bridgehead atoms. The number of primary amides is 1. The van der Waals surface area contributed by atoms with Crippen LogP contribution in [0.2, 0.25) is 0 Å². The summed E-state index contributed by atoms with van der Waals surface area (Å²) < 4.78 is 6.04. The smallest absolute Gasteiger partial charge is 0.252 e. The molecule has 0 unspecified atom stereocenters. The highest BCUT2D eigenvalue weighted by atomic mass is 16.4. The van der Waals surface area contributed by atoms with Gasteiger partial charge in [-0.3, -0.25) is 9.69 Å². The third-order valence-electron chi connectivity index (χ3n) is 5.14. The number of aromatic nitrogens is 1. The van der Waals surface area contributed by atoms with Gasteiger partial charge in [0.25, 0.3) is 5.91 Å². The summed E-state index contributed by atoms with van der Waals surface area (Å²) in [5.41, 5.74) is 7.02. The summed E-state index contributed by atoms with van der Waals surface area (Å²) in [7, 11) is 0. The van der Waals surface area contributed by atoms with Gasteiger partial charge in [0.05, 0.1) is 11.1 Å². The number of hydrogen-bond donors (Lipinski definition) is 1. The van der Waals surface area contributed by atoms with Crippen molar-refractivity contribution < 1.29 is 9.21 Å². The zero-order chi connectivity index (χ0) is 14.6. The van der Waals surface area contributed by atoms with E-state index < -0.39 is 5.91 Å². The predicted octanol–water partition coefficient (Wildman–Crippen LogP) is 2.26. The van der Waals surface area contributed by atoms with E-state index in [1.165, 1.54) is 6.42 Å². The summed E-state index contributed by atoms with van der Waals surface area (Å²) >= 11 is 0. The minimum absolute atomic E-state index is 0.0760. The Morgan fingerprint density at radius 3 is 3.14 bits per heavy atom. The summed E-state index contributed by atoms with van der Waals surface area (Å²) in [5.74, 6) is 1.03. The lowest BCUT2D eigenvalue weighted by Crippen LogP contribution is -2.42. The van der Waals surface area contributed by atoms with Gasteiger partial charge in [0, 0.05) is 6.54 Å². The van der Waals surface area contributed by atoms with Crippen molar-refractivity contribution in [3.05, 3.63) is 29.7 Å². The van der Waals surface area contributed by atoms with Crippen molar-refractivity contribution in [2.75, 3.05) is 13.1 Å². The van der Waals surface area contributed by atoms with Crippen molar-refractivity contribution in [3.63, 3.8) is 0 Å². The molecule has 0 spiro atoms. The second kappa shape index (κ2) is 4.31. The van der Waals surface area contributed by atoms with Gasteiger partial charge in [-0.2, -0.15) is 0 Å². The van der Waals surface area contributed by atoms with Gasteiger partial charge in [0.2, 0.25) is 5.89 Å². The summed E-state index contributed by atoms with van der Waals surface area (Å²) in [6, 6.07) is 5.38. The lowest BCUT2D eigenvalue weighted by atomic mass is 9.97. The van der Waals surface area contributed by atoms with Crippen LogP contribution in [0.4, 0.5) is 0 Å². The Hall–Kier alpha value is -1.88. The molecule has 21 heavy (non-hydrogen) atoms. The van der Waals surface area contributed by atoms with Crippen LogP contribution in [0.15, 0.2) is 22.6 Å². The maximum absolute atomic E-state index is 11.5. The number of hydrogen-bond acceptors (Lipinski definition) is 4. The molecule has 0 radical (unpaired) electrons. The first kappa shape index (κ1) is 12.8. The Labute approximate surface area is 123 Å². The summed E-state index contributed by atoms with van der Waals surface area (Å²) in [4.78, 5) is 18.7. The molecule has 1 aliphatic heterocycles. The van der Waals surface area contributed by atoms with E-state index in [9.17, 15) is 4.79 Å². The topological polar surface area (TPSA) is 72.4 Å². The maximum atomic E-state index is 11.5. The van der Waals surface area contributed by atoms with E-state index in [1.54, 1.807) is 12.1 Å². The number of nitrogens with zero attached hydrogens (tertiary/aromatic N) is 2. The second-order valence-corrected chi connectivity index (χ2v) is 6.22. The molecule has 110 valence electrons. The van der Waals surface area contributed by atoms with Crippen molar-refractivity contribution >= 4 is 17.0 Å². The lowest BCUT2D eigenvalue weighted by molar-refractivity contribution is 0.0943. The normalized spacial score (nSPS) is 28.5. The van der Waals surface area contributed by atoms with Gasteiger partial charge in [-0.25, -0.2) is 4.98 Å². The van der Waals surface area contributed by atoms with Crippen molar-refractivity contribution in [3.8, 4) is 0 Å². The van der Waals surface area contributed by atoms with Crippen molar-refractivity contribution in [1.29, 1.82) is 0 Å². The van der Waals surface area contributed by atoms with E-state index in [4.69, 9.17) is 10.2 Å². The molecule has 1 aromatic carbocycles. The minimum atomic E-state index is -0.469. The Bertz CT molecular complexity index is 723. The van der Waals surface area contributed by atoms with Gasteiger partial charge in [-0.05, 0) is 43.9 Å². The zero-order valence-corrected chi connectivity index (χ0v) is 12.1. The van der Waals surface area contributed by atoms with Crippen LogP contribution in [-0.4, -0.2) is 28.9 Å². The first-order chi connectivity index (χ1) is 10.1. The third-order valence-corrected chi connectivity index (χ3v) is 5.14. The number of nitrogens with two attached hydrogens (primary N) is 1. The highest BCUT2D eigenvalue weighted by molar-refractivity contribution is 6.03. The largest absolute Gasteiger partial charge is 0.438 e. The Morgan fingerprint density at radius 2 is 2.43 bits per heavy atom. The highest BCUT2D eigenvalue weighted by Gasteiger charge is 2.54. The Morgan fingerprint density at radius 1 is 1.57 bits per heavy atom. The van der Waals surface area contributed by atoms with Gasteiger partial charge in [-0.1, -0.05) is 13.0 Å². The van der Waals surface area contributed by atoms with Crippen LogP contribution in [0, 0.1) is 5.92 Å². The molecule has 1 saturated carbocycles. The Balaban J connectivity index is 1.88. The third kappa shape index (κ3) is 1.67. The molecule has 1 aliphatic carbocycles. The molecule has 2 atom stereocenters. The fourth-order valence-corrected chi connectivity index (χ4v) is 4.16. The molecule has 5 nitrogen and oxygen atoms in total. The van der Waals surface area contributed by atoms with Crippen LogP contribution >= 0.6 is 0 Å². The van der Waals surface area contributed by atoms with Crippen molar-refractivity contribution in [2.45, 2.75) is 31.7 Å². The number of oxazole rings is 1. The van der Waals surface area contributed by atoms with Gasteiger partial charge in [0.1, 0.15) is 5.52 Å². The first-order valence-corrected chi connectivity index (χ1v) is 7.59. The number of piperidine rings is 1. The molecule has 1 amide bonds. The van der Waals surface area contributed by atoms with Gasteiger partial charge in [0.15, 0.2) is 5.58 Å². The van der Waals surface area contributed by atoms with Crippen LogP contribution in [0.25, 0.3) is 11.1 Å². The number of para-hydroxylation sites is 1. The average Bonchev–Trinajstić information content (AvgIpc) is 3.17. The SMILES string of the molecule is CCN1C[C@H]2CC[C@]1(c1nc3cccc(C(N)=O)c3o1)C2. The van der Waals surface area contributed by atoms with Crippen molar-refractivity contribution in [1.82, 2.24) is 9.88 Å². The fraction of sp³-hybridized carbons (Fsp3) is 0.500. The standard InChI is InChI=1S/C16H19N3O2/c1-2-19-9-10-6-7-16(19,8-10)15-18-12-5-3-4-11(14(17)20)13(12)21-15/h3-5,10H,2,6-9H2,1H3,(H2,17,20)/t10-,16+/m0/s1. The average molecular weight is 285 g/mol. The monoisotopic (exact) mass is 285 g/mol. The summed E-state index contributed by atoms with van der Waals surface area (Å²) in [5, 5.41) is 0. The van der Waals surface area contributed by atoms with E-state index >= 15 is 0 Å². The molecule has 4 rings (SSSR count). The van der Waals surface area contributed by atoms with E-state index in [0.29, 0.717) is 11.1 Å². The van der Waals surface area contributed by atoms with Crippen LogP contribution in [0.5, 0.6) is 0 Å². The van der Waals surface area contributed by atoms with Crippen molar-refractivity contribution in [2.24, 2.45) is 11.7 Å². The van der Waals surface area contributed by atoms with E-state index in [-0.39, 0.29) is 5.54 Å². The van der Waals surface area contributed by atoms with Crippen LogP contribution in [-0.2, 0) is 5.54 Å². The molecule has 2 fully saturated rings. The summed E-state index contributed by atoms with van der Waals surface area (Å²) in [6.45, 7) is 4.30. The zero-order valence-electron chi connectivity index (χ0n) is 12.1. The minimum Gasteiger partial charge on any atom is -0.438 e. The molecule has 2 heterocycles. The van der Waals surface area contributed by atoms with E-state index in [2.05, 4.69) is 16.8 Å². The van der Waals surface area contributed by atoms with Crippen LogP contribution in [0.1, 0.15) is 42.4 Å². The molecule has 2 aliphatic rings. The molecule has 5 heteroatoms. The number of likely N-dealkylation sites (tertiary alicyclic amines) is 1. The first-order valence-electron chi connectivity index (χ1n) is 7.59. The predicted molar refractivity (Wildman–Crippen MR) is 78.8 cm³/mol. The van der Waals surface area contributed by atoms with Gasteiger partial charge < -0.3 is 10.2 Å². The maximum Gasteiger partial charge on any atom is 0.252 e. The number of rotatable bonds is 3. The molecule has 2 N–H and O–H groups in total. The van der Waals surface area contributed by atoms with E-state index in [0.717, 1.165) is 43.3 Å². The second-order valence-electron chi connectivity index (χ2n) is 6.22.